The highest BCUT2D eigenvalue weighted by Gasteiger charge is 2.22. The van der Waals surface area contributed by atoms with Crippen molar-refractivity contribution in [1.82, 2.24) is 10.6 Å². The Kier molecular flexibility index (Phi) is 7.03. The first kappa shape index (κ1) is 16.8. The van der Waals surface area contributed by atoms with Crippen molar-refractivity contribution in [2.75, 3.05) is 13.1 Å². The van der Waals surface area contributed by atoms with Gasteiger partial charge in [0.15, 0.2) is 0 Å². The van der Waals surface area contributed by atoms with Crippen molar-refractivity contribution in [1.29, 1.82) is 0 Å². The van der Waals surface area contributed by atoms with E-state index in [9.17, 15) is 9.59 Å². The molecule has 0 saturated heterocycles. The Balaban J connectivity index is 2.54. The Morgan fingerprint density at radius 2 is 1.86 bits per heavy atom. The minimum Gasteiger partial charge on any atom is -0.347 e. The van der Waals surface area contributed by atoms with Gasteiger partial charge in [0.25, 0.3) is 0 Å². The molecule has 4 heteroatoms. The second-order valence-electron chi connectivity index (χ2n) is 5.24. The fourth-order valence-corrected chi connectivity index (χ4v) is 2.01. The summed E-state index contributed by atoms with van der Waals surface area (Å²) < 4.78 is 0. The van der Waals surface area contributed by atoms with Crippen molar-refractivity contribution < 1.29 is 9.59 Å². The van der Waals surface area contributed by atoms with Gasteiger partial charge in [-0.25, -0.2) is 0 Å². The van der Waals surface area contributed by atoms with Gasteiger partial charge in [0, 0.05) is 5.92 Å². The van der Waals surface area contributed by atoms with E-state index in [0.29, 0.717) is 6.42 Å². The molecule has 21 heavy (non-hydrogen) atoms. The van der Waals surface area contributed by atoms with Crippen molar-refractivity contribution in [2.24, 2.45) is 11.8 Å². The van der Waals surface area contributed by atoms with Crippen LogP contribution >= 0.6 is 0 Å². The summed E-state index contributed by atoms with van der Waals surface area (Å²) in [6.45, 7) is 4.14. The third kappa shape index (κ3) is 6.13. The largest absolute Gasteiger partial charge is 0.347 e. The fourth-order valence-electron chi connectivity index (χ4n) is 2.01. The lowest BCUT2D eigenvalue weighted by molar-refractivity contribution is -0.129. The lowest BCUT2D eigenvalue weighted by Crippen LogP contribution is -2.41. The van der Waals surface area contributed by atoms with Crippen LogP contribution < -0.4 is 10.6 Å². The number of carbonyl (C=O) groups is 2. The summed E-state index contributed by atoms with van der Waals surface area (Å²) in [4.78, 5) is 23.7. The number of terminal acetylenes is 1. The molecule has 0 fully saturated rings. The lowest BCUT2D eigenvalue weighted by atomic mass is 9.88. The Hall–Kier alpha value is -2.28. The molecule has 1 atom stereocenters. The minimum atomic E-state index is -0.275. The molecule has 2 amide bonds. The first-order valence-electron chi connectivity index (χ1n) is 7.06. The third-order valence-electron chi connectivity index (χ3n) is 3.25. The van der Waals surface area contributed by atoms with Gasteiger partial charge in [-0.2, -0.15) is 0 Å². The highest BCUT2D eigenvalue weighted by molar-refractivity contribution is 5.86. The Morgan fingerprint density at radius 1 is 1.19 bits per heavy atom. The van der Waals surface area contributed by atoms with Gasteiger partial charge in [-0.05, 0) is 17.9 Å². The zero-order chi connectivity index (χ0) is 15.7. The molecular formula is C17H22N2O2. The second-order valence-corrected chi connectivity index (χ2v) is 5.24. The van der Waals surface area contributed by atoms with Crippen LogP contribution in [0.2, 0.25) is 0 Å². The highest BCUT2D eigenvalue weighted by Crippen LogP contribution is 2.17. The van der Waals surface area contributed by atoms with Crippen LogP contribution in [0.15, 0.2) is 30.3 Å². The molecule has 0 aliphatic heterocycles. The van der Waals surface area contributed by atoms with E-state index in [-0.39, 0.29) is 36.7 Å². The van der Waals surface area contributed by atoms with Gasteiger partial charge in [0.2, 0.25) is 11.8 Å². The van der Waals surface area contributed by atoms with Crippen molar-refractivity contribution in [3.63, 3.8) is 0 Å². The summed E-state index contributed by atoms with van der Waals surface area (Å²) in [5.41, 5.74) is 1.11. The van der Waals surface area contributed by atoms with E-state index in [4.69, 9.17) is 6.42 Å². The van der Waals surface area contributed by atoms with Crippen molar-refractivity contribution >= 4 is 11.8 Å². The number of carbonyl (C=O) groups excluding carboxylic acids is 2. The molecule has 0 saturated carbocycles. The number of rotatable bonds is 7. The summed E-state index contributed by atoms with van der Waals surface area (Å²) in [6.07, 6.45) is 5.72. The molecule has 0 radical (unpaired) electrons. The molecule has 1 aromatic carbocycles. The van der Waals surface area contributed by atoms with Gasteiger partial charge in [-0.15, -0.1) is 6.42 Å². The predicted molar refractivity (Wildman–Crippen MR) is 83.3 cm³/mol. The van der Waals surface area contributed by atoms with Crippen molar-refractivity contribution in [2.45, 2.75) is 20.3 Å². The van der Waals surface area contributed by atoms with Gasteiger partial charge in [-0.1, -0.05) is 50.1 Å². The smallest absolute Gasteiger partial charge is 0.240 e. The van der Waals surface area contributed by atoms with Gasteiger partial charge in [0.1, 0.15) is 0 Å². The van der Waals surface area contributed by atoms with Crippen LogP contribution in [0, 0.1) is 24.2 Å². The fraction of sp³-hybridized carbons (Fsp3) is 0.412. The molecule has 4 nitrogen and oxygen atoms in total. The minimum absolute atomic E-state index is 0.0431. The molecule has 1 rings (SSSR count). The summed E-state index contributed by atoms with van der Waals surface area (Å²) in [5, 5.41) is 5.19. The van der Waals surface area contributed by atoms with Crippen LogP contribution in [0.25, 0.3) is 0 Å². The van der Waals surface area contributed by atoms with E-state index in [0.717, 1.165) is 5.56 Å². The van der Waals surface area contributed by atoms with Gasteiger partial charge in [-0.3, -0.25) is 9.59 Å². The van der Waals surface area contributed by atoms with Gasteiger partial charge in [0.05, 0.1) is 13.1 Å². The zero-order valence-electron chi connectivity index (χ0n) is 12.6. The first-order valence-corrected chi connectivity index (χ1v) is 7.06. The lowest BCUT2D eigenvalue weighted by Gasteiger charge is -2.20. The van der Waals surface area contributed by atoms with Crippen LogP contribution in [-0.2, 0) is 16.0 Å². The van der Waals surface area contributed by atoms with Gasteiger partial charge < -0.3 is 10.6 Å². The standard InChI is InChI=1S/C17H22N2O2/c1-4-10-18-16(20)12-19-17(21)15(13(2)3)11-14-8-6-5-7-9-14/h1,5-9,13,15H,10-12H2,2-3H3,(H,18,20)(H,19,21)/t15-/m0/s1. The molecule has 1 aromatic rings. The molecule has 0 aliphatic carbocycles. The topological polar surface area (TPSA) is 58.2 Å². The van der Waals surface area contributed by atoms with Crippen LogP contribution in [0.3, 0.4) is 0 Å². The monoisotopic (exact) mass is 286 g/mol. The van der Waals surface area contributed by atoms with Crippen LogP contribution in [0.5, 0.6) is 0 Å². The molecule has 2 N–H and O–H groups in total. The number of hydrogen-bond acceptors (Lipinski definition) is 2. The Morgan fingerprint density at radius 3 is 2.43 bits per heavy atom. The van der Waals surface area contributed by atoms with Crippen LogP contribution in [0.1, 0.15) is 19.4 Å². The maximum atomic E-state index is 12.2. The maximum absolute atomic E-state index is 12.2. The molecule has 0 aromatic heterocycles. The Bertz CT molecular complexity index is 503. The van der Waals surface area contributed by atoms with Crippen LogP contribution in [0.4, 0.5) is 0 Å². The second kappa shape index (κ2) is 8.80. The van der Waals surface area contributed by atoms with Crippen molar-refractivity contribution in [3.8, 4) is 12.3 Å². The van der Waals surface area contributed by atoms with E-state index in [1.165, 1.54) is 0 Å². The molecule has 112 valence electrons. The summed E-state index contributed by atoms with van der Waals surface area (Å²) in [7, 11) is 0. The average Bonchev–Trinajstić information content (AvgIpc) is 2.48. The molecule has 0 spiro atoms. The highest BCUT2D eigenvalue weighted by atomic mass is 16.2. The van der Waals surface area contributed by atoms with E-state index in [2.05, 4.69) is 16.6 Å². The number of amides is 2. The quantitative estimate of drug-likeness (QED) is 0.744. The molecule has 0 heterocycles. The molecule has 0 bridgehead atoms. The van der Waals surface area contributed by atoms with E-state index >= 15 is 0 Å². The number of nitrogens with one attached hydrogen (secondary N) is 2. The average molecular weight is 286 g/mol. The van der Waals surface area contributed by atoms with E-state index in [1.54, 1.807) is 0 Å². The Labute approximate surface area is 126 Å². The normalized spacial score (nSPS) is 11.5. The number of benzene rings is 1. The summed E-state index contributed by atoms with van der Waals surface area (Å²) in [5.74, 6) is 1.97. The first-order chi connectivity index (χ1) is 10.0. The summed E-state index contributed by atoms with van der Waals surface area (Å²) in [6, 6.07) is 9.87. The van der Waals surface area contributed by atoms with Crippen LogP contribution in [-0.4, -0.2) is 24.9 Å². The summed E-state index contributed by atoms with van der Waals surface area (Å²) >= 11 is 0. The van der Waals surface area contributed by atoms with Crippen molar-refractivity contribution in [3.05, 3.63) is 35.9 Å². The SMILES string of the molecule is C#CCNC(=O)CNC(=O)[C@@H](Cc1ccccc1)C(C)C. The molecule has 0 aliphatic rings. The zero-order valence-corrected chi connectivity index (χ0v) is 12.6. The van der Waals surface area contributed by atoms with E-state index in [1.807, 2.05) is 44.2 Å². The molecule has 0 unspecified atom stereocenters. The maximum Gasteiger partial charge on any atom is 0.240 e. The number of hydrogen-bond donors (Lipinski definition) is 2. The van der Waals surface area contributed by atoms with Gasteiger partial charge >= 0.3 is 0 Å². The molecular weight excluding hydrogens is 264 g/mol. The van der Waals surface area contributed by atoms with E-state index < -0.39 is 0 Å². The predicted octanol–water partition coefficient (Wildman–Crippen LogP) is 1.37. The third-order valence-corrected chi connectivity index (χ3v) is 3.25.